The van der Waals surface area contributed by atoms with E-state index in [0.717, 1.165) is 35.4 Å². The minimum absolute atomic E-state index is 0.406. The smallest absolute Gasteiger partial charge is 0.120 e. The van der Waals surface area contributed by atoms with Crippen LogP contribution in [0.4, 0.5) is 5.69 Å². The number of rotatable bonds is 3. The second kappa shape index (κ2) is 4.33. The first-order valence-electron chi connectivity index (χ1n) is 6.21. The Morgan fingerprint density at radius 3 is 2.83 bits per heavy atom. The largest absolute Gasteiger partial charge is 0.490 e. The topological polar surface area (TPSA) is 48.1 Å². The van der Waals surface area contributed by atoms with Gasteiger partial charge in [0.15, 0.2) is 0 Å². The molecule has 18 heavy (non-hydrogen) atoms. The van der Waals surface area contributed by atoms with Crippen LogP contribution in [0.1, 0.15) is 18.4 Å². The molecule has 0 amide bonds. The Morgan fingerprint density at radius 2 is 2.11 bits per heavy atom. The maximum absolute atomic E-state index is 6.01. The average Bonchev–Trinajstić information content (AvgIpc) is 3.13. The standard InChI is InChI=1S/C15H16N2O/c1-10-7-14(16)15(17-9-10)11-3-2-4-13(8-11)18-12-5-6-12/h2-4,7-9,12H,5-6,16H2,1H3. The molecule has 1 fully saturated rings. The van der Waals surface area contributed by atoms with Crippen molar-refractivity contribution in [1.29, 1.82) is 0 Å². The molecule has 1 heterocycles. The summed E-state index contributed by atoms with van der Waals surface area (Å²) >= 11 is 0. The Morgan fingerprint density at radius 1 is 1.28 bits per heavy atom. The molecular weight excluding hydrogens is 224 g/mol. The molecule has 1 saturated carbocycles. The molecular formula is C15H16N2O. The maximum atomic E-state index is 6.01. The zero-order valence-electron chi connectivity index (χ0n) is 10.4. The summed E-state index contributed by atoms with van der Waals surface area (Å²) in [4.78, 5) is 4.40. The van der Waals surface area contributed by atoms with Crippen LogP contribution in [0.15, 0.2) is 36.5 Å². The highest BCUT2D eigenvalue weighted by atomic mass is 16.5. The number of nitrogen functional groups attached to an aromatic ring is 1. The van der Waals surface area contributed by atoms with Crippen LogP contribution in [-0.4, -0.2) is 11.1 Å². The van der Waals surface area contributed by atoms with E-state index in [4.69, 9.17) is 10.5 Å². The molecule has 3 nitrogen and oxygen atoms in total. The number of aryl methyl sites for hydroxylation is 1. The second-order valence-corrected chi connectivity index (χ2v) is 4.80. The van der Waals surface area contributed by atoms with Crippen LogP contribution < -0.4 is 10.5 Å². The molecule has 0 unspecified atom stereocenters. The van der Waals surface area contributed by atoms with Gasteiger partial charge in [-0.3, -0.25) is 4.98 Å². The van der Waals surface area contributed by atoms with E-state index >= 15 is 0 Å². The van der Waals surface area contributed by atoms with Crippen LogP contribution in [0.2, 0.25) is 0 Å². The van der Waals surface area contributed by atoms with Crippen LogP contribution >= 0.6 is 0 Å². The van der Waals surface area contributed by atoms with Gasteiger partial charge in [-0.1, -0.05) is 12.1 Å². The van der Waals surface area contributed by atoms with E-state index in [2.05, 4.69) is 4.98 Å². The van der Waals surface area contributed by atoms with Crippen molar-refractivity contribution in [2.24, 2.45) is 0 Å². The van der Waals surface area contributed by atoms with E-state index < -0.39 is 0 Å². The number of nitrogens with zero attached hydrogens (tertiary/aromatic N) is 1. The zero-order chi connectivity index (χ0) is 12.5. The predicted octanol–water partition coefficient (Wildman–Crippen LogP) is 3.18. The Bertz CT molecular complexity index is 576. The van der Waals surface area contributed by atoms with Crippen LogP contribution in [0, 0.1) is 6.92 Å². The van der Waals surface area contributed by atoms with Crippen LogP contribution in [-0.2, 0) is 0 Å². The lowest BCUT2D eigenvalue weighted by Gasteiger charge is -2.08. The number of anilines is 1. The van der Waals surface area contributed by atoms with Gasteiger partial charge in [-0.25, -0.2) is 0 Å². The normalized spacial score (nSPS) is 14.5. The summed E-state index contributed by atoms with van der Waals surface area (Å²) in [6, 6.07) is 9.91. The fraction of sp³-hybridized carbons (Fsp3) is 0.267. The molecule has 1 aromatic heterocycles. The van der Waals surface area contributed by atoms with Crippen molar-refractivity contribution in [3.8, 4) is 17.0 Å². The SMILES string of the molecule is Cc1cnc(-c2cccc(OC3CC3)c2)c(N)c1. The summed E-state index contributed by atoms with van der Waals surface area (Å²) in [5, 5.41) is 0. The van der Waals surface area contributed by atoms with Crippen LogP contribution in [0.3, 0.4) is 0 Å². The third-order valence-corrected chi connectivity index (χ3v) is 2.99. The highest BCUT2D eigenvalue weighted by Gasteiger charge is 2.23. The van der Waals surface area contributed by atoms with E-state index in [1.807, 2.05) is 43.5 Å². The highest BCUT2D eigenvalue weighted by molar-refractivity contribution is 5.73. The molecule has 2 N–H and O–H groups in total. The quantitative estimate of drug-likeness (QED) is 0.896. The first-order valence-corrected chi connectivity index (χ1v) is 6.21. The molecule has 0 radical (unpaired) electrons. The molecule has 0 aliphatic heterocycles. The summed E-state index contributed by atoms with van der Waals surface area (Å²) in [5.41, 5.74) is 9.62. The minimum atomic E-state index is 0.406. The second-order valence-electron chi connectivity index (χ2n) is 4.80. The van der Waals surface area contributed by atoms with Crippen molar-refractivity contribution >= 4 is 5.69 Å². The third-order valence-electron chi connectivity index (χ3n) is 2.99. The summed E-state index contributed by atoms with van der Waals surface area (Å²) in [5.74, 6) is 0.900. The minimum Gasteiger partial charge on any atom is -0.490 e. The lowest BCUT2D eigenvalue weighted by molar-refractivity contribution is 0.303. The molecule has 0 bridgehead atoms. The van der Waals surface area contributed by atoms with Crippen LogP contribution in [0.25, 0.3) is 11.3 Å². The molecule has 2 aromatic rings. The van der Waals surface area contributed by atoms with Gasteiger partial charge in [0.2, 0.25) is 0 Å². The lowest BCUT2D eigenvalue weighted by Crippen LogP contribution is -1.97. The maximum Gasteiger partial charge on any atom is 0.120 e. The first-order chi connectivity index (χ1) is 8.72. The van der Waals surface area contributed by atoms with Gasteiger partial charge in [0.1, 0.15) is 5.75 Å². The number of pyridine rings is 1. The van der Waals surface area contributed by atoms with E-state index in [1.165, 1.54) is 0 Å². The van der Waals surface area contributed by atoms with Crippen molar-refractivity contribution in [2.45, 2.75) is 25.9 Å². The Balaban J connectivity index is 1.94. The van der Waals surface area contributed by atoms with Gasteiger partial charge in [0.05, 0.1) is 17.5 Å². The monoisotopic (exact) mass is 240 g/mol. The summed E-state index contributed by atoms with van der Waals surface area (Å²) in [6.07, 6.45) is 4.56. The van der Waals surface area contributed by atoms with E-state index in [0.29, 0.717) is 11.8 Å². The van der Waals surface area contributed by atoms with Gasteiger partial charge >= 0.3 is 0 Å². The average molecular weight is 240 g/mol. The van der Waals surface area contributed by atoms with E-state index in [-0.39, 0.29) is 0 Å². The van der Waals surface area contributed by atoms with Gasteiger partial charge in [0.25, 0.3) is 0 Å². The van der Waals surface area contributed by atoms with Gasteiger partial charge in [0, 0.05) is 11.8 Å². The predicted molar refractivity (Wildman–Crippen MR) is 72.5 cm³/mol. The van der Waals surface area contributed by atoms with Crippen molar-refractivity contribution in [2.75, 3.05) is 5.73 Å². The zero-order valence-corrected chi connectivity index (χ0v) is 10.4. The van der Waals surface area contributed by atoms with Crippen molar-refractivity contribution in [3.05, 3.63) is 42.1 Å². The molecule has 3 rings (SSSR count). The number of aromatic nitrogens is 1. The fourth-order valence-electron chi connectivity index (χ4n) is 1.93. The molecule has 92 valence electrons. The number of hydrogen-bond acceptors (Lipinski definition) is 3. The van der Waals surface area contributed by atoms with Gasteiger partial charge in [-0.15, -0.1) is 0 Å². The van der Waals surface area contributed by atoms with Gasteiger partial charge in [-0.2, -0.15) is 0 Å². The van der Waals surface area contributed by atoms with Gasteiger partial charge < -0.3 is 10.5 Å². The van der Waals surface area contributed by atoms with Crippen molar-refractivity contribution in [3.63, 3.8) is 0 Å². The number of nitrogens with two attached hydrogens (primary N) is 1. The molecule has 3 heteroatoms. The molecule has 0 atom stereocenters. The molecule has 1 aliphatic rings. The molecule has 0 saturated heterocycles. The lowest BCUT2D eigenvalue weighted by atomic mass is 10.1. The molecule has 1 aliphatic carbocycles. The van der Waals surface area contributed by atoms with Crippen molar-refractivity contribution in [1.82, 2.24) is 4.98 Å². The number of hydrogen-bond donors (Lipinski definition) is 1. The first kappa shape index (κ1) is 11.1. The Hall–Kier alpha value is -2.03. The number of ether oxygens (including phenoxy) is 1. The molecule has 0 spiro atoms. The van der Waals surface area contributed by atoms with E-state index in [1.54, 1.807) is 0 Å². The number of benzene rings is 1. The van der Waals surface area contributed by atoms with Gasteiger partial charge in [-0.05, 0) is 43.5 Å². The fourth-order valence-corrected chi connectivity index (χ4v) is 1.93. The molecule has 1 aromatic carbocycles. The summed E-state index contributed by atoms with van der Waals surface area (Å²) in [6.45, 7) is 1.99. The Labute approximate surface area is 107 Å². The highest BCUT2D eigenvalue weighted by Crippen LogP contribution is 2.31. The summed E-state index contributed by atoms with van der Waals surface area (Å²) in [7, 11) is 0. The summed E-state index contributed by atoms with van der Waals surface area (Å²) < 4.78 is 5.78. The third kappa shape index (κ3) is 2.30. The van der Waals surface area contributed by atoms with Crippen molar-refractivity contribution < 1.29 is 4.74 Å². The Kier molecular flexibility index (Phi) is 2.67. The van der Waals surface area contributed by atoms with Crippen LogP contribution in [0.5, 0.6) is 5.75 Å². The van der Waals surface area contributed by atoms with E-state index in [9.17, 15) is 0 Å².